The molecule has 1 aliphatic heterocycles. The van der Waals surface area contributed by atoms with Crippen molar-refractivity contribution in [3.8, 4) is 0 Å². The summed E-state index contributed by atoms with van der Waals surface area (Å²) in [6.45, 7) is 15.1. The molecule has 0 aromatic rings. The molecule has 3 nitrogen and oxygen atoms in total. The van der Waals surface area contributed by atoms with Crippen LogP contribution in [0.15, 0.2) is 0 Å². The number of methoxy groups -OCH3 is 1. The summed E-state index contributed by atoms with van der Waals surface area (Å²) in [5.41, 5.74) is 1.55. The van der Waals surface area contributed by atoms with Crippen molar-refractivity contribution in [2.75, 3.05) is 13.7 Å². The molecule has 0 aromatic carbocycles. The van der Waals surface area contributed by atoms with Crippen molar-refractivity contribution >= 4 is 0 Å². The predicted molar refractivity (Wildman–Crippen MR) is 136 cm³/mol. The van der Waals surface area contributed by atoms with E-state index in [2.05, 4.69) is 27.7 Å². The van der Waals surface area contributed by atoms with E-state index in [0.717, 1.165) is 48.5 Å². The molecule has 0 amide bonds. The van der Waals surface area contributed by atoms with Crippen molar-refractivity contribution in [3.63, 3.8) is 0 Å². The lowest BCUT2D eigenvalue weighted by atomic mass is 9.45. The van der Waals surface area contributed by atoms with Gasteiger partial charge in [-0.25, -0.2) is 0 Å². The minimum absolute atomic E-state index is 0.103. The van der Waals surface area contributed by atoms with Gasteiger partial charge in [0.2, 0.25) is 0 Å². The monoisotopic (exact) mass is 472 g/mol. The lowest BCUT2D eigenvalue weighted by Crippen LogP contribution is -2.57. The molecule has 1 heterocycles. The molecule has 3 heteroatoms. The lowest BCUT2D eigenvalue weighted by molar-refractivity contribution is -0.161. The first-order chi connectivity index (χ1) is 16.0. The summed E-state index contributed by atoms with van der Waals surface area (Å²) in [6, 6.07) is 0. The molecule has 0 unspecified atom stereocenters. The Morgan fingerprint density at radius 1 is 0.971 bits per heavy atom. The molecule has 194 valence electrons. The van der Waals surface area contributed by atoms with Crippen molar-refractivity contribution < 1.29 is 14.2 Å². The van der Waals surface area contributed by atoms with Crippen molar-refractivity contribution in [1.82, 2.24) is 0 Å². The molecule has 0 bridgehead atoms. The molecule has 0 N–H and O–H groups in total. The van der Waals surface area contributed by atoms with Crippen LogP contribution in [0.3, 0.4) is 0 Å². The van der Waals surface area contributed by atoms with Gasteiger partial charge in [0.15, 0.2) is 5.79 Å². The highest BCUT2D eigenvalue weighted by molar-refractivity contribution is 5.26. The molecule has 1 spiro atoms. The van der Waals surface area contributed by atoms with Crippen LogP contribution in [0.5, 0.6) is 0 Å². The summed E-state index contributed by atoms with van der Waals surface area (Å²) in [6.07, 6.45) is 15.9. The third-order valence-corrected chi connectivity index (χ3v) is 13.2. The Kier molecular flexibility index (Phi) is 5.49. The first-order valence-electron chi connectivity index (χ1n) is 14.8. The van der Waals surface area contributed by atoms with E-state index in [1.807, 2.05) is 21.0 Å². The highest BCUT2D eigenvalue weighted by Gasteiger charge is 2.77. The zero-order valence-electron chi connectivity index (χ0n) is 23.3. The normalized spacial score (nSPS) is 55.9. The van der Waals surface area contributed by atoms with Gasteiger partial charge in [-0.1, -0.05) is 33.6 Å². The van der Waals surface area contributed by atoms with E-state index < -0.39 is 5.79 Å². The Labute approximate surface area is 209 Å². The first-order valence-corrected chi connectivity index (χ1v) is 14.8. The smallest absolute Gasteiger partial charge is 0.163 e. The molecule has 6 fully saturated rings. The minimum atomic E-state index is -0.416. The Balaban J connectivity index is 1.13. The van der Waals surface area contributed by atoms with Gasteiger partial charge in [-0.2, -0.15) is 0 Å². The van der Waals surface area contributed by atoms with Crippen LogP contribution in [-0.2, 0) is 14.2 Å². The third kappa shape index (κ3) is 3.24. The van der Waals surface area contributed by atoms with E-state index in [1.54, 1.807) is 0 Å². The molecule has 6 aliphatic rings. The maximum absolute atomic E-state index is 6.32. The number of hydrogen-bond donors (Lipinski definition) is 0. The Morgan fingerprint density at radius 2 is 1.76 bits per heavy atom. The van der Waals surface area contributed by atoms with E-state index in [1.165, 1.54) is 64.2 Å². The molecule has 34 heavy (non-hydrogen) atoms. The quantitative estimate of drug-likeness (QED) is 0.398. The summed E-state index contributed by atoms with van der Waals surface area (Å²) in [5, 5.41) is 0. The second kappa shape index (κ2) is 7.70. The van der Waals surface area contributed by atoms with Crippen molar-refractivity contribution in [2.24, 2.45) is 51.8 Å². The van der Waals surface area contributed by atoms with Gasteiger partial charge in [-0.05, 0) is 125 Å². The fourth-order valence-corrected chi connectivity index (χ4v) is 11.7. The van der Waals surface area contributed by atoms with E-state index in [0.29, 0.717) is 22.3 Å². The number of hydrogen-bond acceptors (Lipinski definition) is 3. The zero-order valence-corrected chi connectivity index (χ0v) is 23.3. The Bertz CT molecular complexity index is 808. The predicted octanol–water partition coefficient (Wildman–Crippen LogP) is 7.62. The average Bonchev–Trinajstić information content (AvgIpc) is 3.12. The second-order valence-corrected chi connectivity index (χ2v) is 15.1. The maximum atomic E-state index is 6.32. The third-order valence-electron chi connectivity index (χ3n) is 13.2. The molecule has 5 saturated carbocycles. The fourth-order valence-electron chi connectivity index (χ4n) is 11.7. The number of ether oxygens (including phenoxy) is 3. The average molecular weight is 473 g/mol. The summed E-state index contributed by atoms with van der Waals surface area (Å²) in [4.78, 5) is 0. The van der Waals surface area contributed by atoms with Crippen LogP contribution in [0.4, 0.5) is 0 Å². The van der Waals surface area contributed by atoms with Crippen LogP contribution in [0, 0.1) is 51.8 Å². The van der Waals surface area contributed by atoms with Crippen LogP contribution < -0.4 is 0 Å². The summed E-state index contributed by atoms with van der Waals surface area (Å²) < 4.78 is 18.5. The van der Waals surface area contributed by atoms with Gasteiger partial charge in [-0.15, -0.1) is 0 Å². The fraction of sp³-hybridized carbons (Fsp3) is 1.00. The molecule has 1 saturated heterocycles. The summed E-state index contributed by atoms with van der Waals surface area (Å²) in [5.74, 6) is 5.06. The highest BCUT2D eigenvalue weighted by atomic mass is 16.7. The molecule has 0 aromatic heterocycles. The van der Waals surface area contributed by atoms with Crippen LogP contribution in [-0.4, -0.2) is 31.2 Å². The van der Waals surface area contributed by atoms with Gasteiger partial charge in [0.05, 0.1) is 18.3 Å². The standard InChI is InChI=1S/C31H52O3/c1-20(9-8-14-28(4)19-33-27(2,3)34-28)23-10-11-24-22-17-26(32-7)31-18-21(31)12-16-30(31,6)25(22)13-15-29(23,24)5/h20-26H,8-19H2,1-7H3/t20-,21+,22+,23-,24+,25+,26-,28+,29-,30-,31+/m1/s1. The molecular weight excluding hydrogens is 420 g/mol. The van der Waals surface area contributed by atoms with Gasteiger partial charge < -0.3 is 14.2 Å². The van der Waals surface area contributed by atoms with E-state index >= 15 is 0 Å². The van der Waals surface area contributed by atoms with Gasteiger partial charge in [0.25, 0.3) is 0 Å². The first kappa shape index (κ1) is 24.2. The Hall–Kier alpha value is -0.120. The number of fused-ring (bicyclic) bond motifs is 4. The van der Waals surface area contributed by atoms with Crippen LogP contribution in [0.2, 0.25) is 0 Å². The van der Waals surface area contributed by atoms with Gasteiger partial charge in [-0.3, -0.25) is 0 Å². The van der Waals surface area contributed by atoms with Crippen LogP contribution in [0.1, 0.15) is 112 Å². The lowest BCUT2D eigenvalue weighted by Gasteiger charge is -2.61. The molecule has 5 aliphatic carbocycles. The van der Waals surface area contributed by atoms with Crippen molar-refractivity contribution in [1.29, 1.82) is 0 Å². The largest absolute Gasteiger partial charge is 0.381 e. The molecular formula is C31H52O3. The van der Waals surface area contributed by atoms with Crippen molar-refractivity contribution in [2.45, 2.75) is 130 Å². The number of rotatable bonds is 6. The molecule has 6 rings (SSSR count). The van der Waals surface area contributed by atoms with Gasteiger partial charge in [0.1, 0.15) is 0 Å². The van der Waals surface area contributed by atoms with E-state index in [9.17, 15) is 0 Å². The van der Waals surface area contributed by atoms with Gasteiger partial charge in [0, 0.05) is 12.5 Å². The highest BCUT2D eigenvalue weighted by Crippen LogP contribution is 2.82. The molecule has 11 atom stereocenters. The Morgan fingerprint density at radius 3 is 2.44 bits per heavy atom. The summed E-state index contributed by atoms with van der Waals surface area (Å²) in [7, 11) is 2.02. The summed E-state index contributed by atoms with van der Waals surface area (Å²) >= 11 is 0. The van der Waals surface area contributed by atoms with E-state index in [-0.39, 0.29) is 5.60 Å². The maximum Gasteiger partial charge on any atom is 0.163 e. The topological polar surface area (TPSA) is 27.7 Å². The van der Waals surface area contributed by atoms with Crippen LogP contribution >= 0.6 is 0 Å². The van der Waals surface area contributed by atoms with Gasteiger partial charge >= 0.3 is 0 Å². The van der Waals surface area contributed by atoms with Crippen molar-refractivity contribution in [3.05, 3.63) is 0 Å². The zero-order chi connectivity index (χ0) is 24.1. The van der Waals surface area contributed by atoms with Crippen LogP contribution in [0.25, 0.3) is 0 Å². The minimum Gasteiger partial charge on any atom is -0.381 e. The molecule has 0 radical (unpaired) electrons. The SMILES string of the molecule is CO[C@@H]1C[C@H]2[C@@H]3CC[C@H]([C@H](C)CCC[C@@]4(C)COC(C)(C)O4)[C@@]3(C)CC[C@@H]2[C@@]2(C)CC[C@H]3C[C@]312. The second-order valence-electron chi connectivity index (χ2n) is 15.1. The van der Waals surface area contributed by atoms with E-state index in [4.69, 9.17) is 14.2 Å².